The Bertz CT molecular complexity index is 795. The number of carboxylic acid groups (broad SMARTS) is 1. The van der Waals surface area contributed by atoms with Crippen LogP contribution >= 0.6 is 0 Å². The molecule has 148 valence electrons. The second kappa shape index (κ2) is 10.1. The smallest absolute Gasteiger partial charge is 0.408 e. The molecule has 2 rings (SSSR count). The summed E-state index contributed by atoms with van der Waals surface area (Å²) in [4.78, 5) is 37.3. The quantitative estimate of drug-likeness (QED) is 0.729. The normalized spacial score (nSPS) is 12.5. The van der Waals surface area contributed by atoms with Crippen LogP contribution in [0.15, 0.2) is 60.7 Å². The van der Waals surface area contributed by atoms with Gasteiger partial charge in [0.25, 0.3) is 0 Å². The van der Waals surface area contributed by atoms with Crippen LogP contribution in [0.3, 0.4) is 0 Å². The van der Waals surface area contributed by atoms with Crippen LogP contribution in [0.2, 0.25) is 0 Å². The number of rotatable bonds is 8. The fourth-order valence-corrected chi connectivity index (χ4v) is 2.56. The Kier molecular flexibility index (Phi) is 7.56. The summed E-state index contributed by atoms with van der Waals surface area (Å²) in [5, 5.41) is 11.7. The summed E-state index contributed by atoms with van der Waals surface area (Å²) in [5.74, 6) is -1.63. The van der Waals surface area contributed by atoms with E-state index < -0.39 is 30.1 Å². The van der Waals surface area contributed by atoms with E-state index in [0.29, 0.717) is 0 Å². The molecule has 7 heteroatoms. The van der Waals surface area contributed by atoms with Crippen LogP contribution < -0.4 is 5.32 Å². The van der Waals surface area contributed by atoms with Crippen molar-refractivity contribution >= 4 is 18.0 Å². The van der Waals surface area contributed by atoms with Gasteiger partial charge in [0.2, 0.25) is 5.91 Å². The van der Waals surface area contributed by atoms with Gasteiger partial charge in [-0.15, -0.1) is 0 Å². The highest BCUT2D eigenvalue weighted by Crippen LogP contribution is 2.09. The number of benzene rings is 2. The lowest BCUT2D eigenvalue weighted by Gasteiger charge is -2.27. The SMILES string of the molecule is C[C@@H](C(=O)O)N(C)C(=O)[C@H](Cc1ccccc1)NC(=O)OCc1ccccc1. The van der Waals surface area contributed by atoms with Gasteiger partial charge in [-0.3, -0.25) is 4.79 Å². The molecule has 28 heavy (non-hydrogen) atoms. The fourth-order valence-electron chi connectivity index (χ4n) is 2.56. The third kappa shape index (κ3) is 6.12. The number of hydrogen-bond donors (Lipinski definition) is 2. The predicted molar refractivity (Wildman–Crippen MR) is 104 cm³/mol. The molecule has 0 fully saturated rings. The van der Waals surface area contributed by atoms with Crippen molar-refractivity contribution in [3.8, 4) is 0 Å². The summed E-state index contributed by atoms with van der Waals surface area (Å²) in [6.07, 6.45) is -0.522. The maximum Gasteiger partial charge on any atom is 0.408 e. The van der Waals surface area contributed by atoms with Crippen LogP contribution in [0.1, 0.15) is 18.1 Å². The number of hydrogen-bond acceptors (Lipinski definition) is 4. The van der Waals surface area contributed by atoms with Crippen LogP contribution in [0.25, 0.3) is 0 Å². The van der Waals surface area contributed by atoms with E-state index in [1.807, 2.05) is 60.7 Å². The Morgan fingerprint density at radius 3 is 2.07 bits per heavy atom. The van der Waals surface area contributed by atoms with Gasteiger partial charge in [-0.05, 0) is 18.1 Å². The van der Waals surface area contributed by atoms with Crippen molar-refractivity contribution in [1.82, 2.24) is 10.2 Å². The average Bonchev–Trinajstić information content (AvgIpc) is 2.71. The number of carbonyl (C=O) groups excluding carboxylic acids is 2. The molecule has 0 aromatic heterocycles. The first-order valence-corrected chi connectivity index (χ1v) is 8.89. The van der Waals surface area contributed by atoms with Gasteiger partial charge in [-0.1, -0.05) is 60.7 Å². The molecular weight excluding hydrogens is 360 g/mol. The van der Waals surface area contributed by atoms with Gasteiger partial charge in [0, 0.05) is 13.5 Å². The first kappa shape index (κ1) is 21.0. The zero-order valence-corrected chi connectivity index (χ0v) is 15.9. The van der Waals surface area contributed by atoms with Gasteiger partial charge in [-0.2, -0.15) is 0 Å². The highest BCUT2D eigenvalue weighted by atomic mass is 16.5. The van der Waals surface area contributed by atoms with E-state index in [9.17, 15) is 14.4 Å². The van der Waals surface area contributed by atoms with Crippen LogP contribution in [-0.2, 0) is 27.4 Å². The number of aliphatic carboxylic acids is 1. The molecule has 7 nitrogen and oxygen atoms in total. The van der Waals surface area contributed by atoms with Gasteiger partial charge in [0.15, 0.2) is 0 Å². The van der Waals surface area contributed by atoms with E-state index in [4.69, 9.17) is 9.84 Å². The van der Waals surface area contributed by atoms with Crippen molar-refractivity contribution in [3.05, 3.63) is 71.8 Å². The second-order valence-electron chi connectivity index (χ2n) is 6.41. The second-order valence-corrected chi connectivity index (χ2v) is 6.41. The van der Waals surface area contributed by atoms with Gasteiger partial charge >= 0.3 is 12.1 Å². The topological polar surface area (TPSA) is 95.9 Å². The van der Waals surface area contributed by atoms with Gasteiger partial charge in [0.1, 0.15) is 18.7 Å². The average molecular weight is 384 g/mol. The van der Waals surface area contributed by atoms with Crippen molar-refractivity contribution in [1.29, 1.82) is 0 Å². The number of nitrogens with zero attached hydrogens (tertiary/aromatic N) is 1. The fraction of sp³-hybridized carbons (Fsp3) is 0.286. The Labute approximate surface area is 163 Å². The first-order chi connectivity index (χ1) is 13.4. The number of nitrogens with one attached hydrogen (secondary N) is 1. The lowest BCUT2D eigenvalue weighted by molar-refractivity contribution is -0.148. The van der Waals surface area contributed by atoms with E-state index in [2.05, 4.69) is 5.32 Å². The summed E-state index contributed by atoms with van der Waals surface area (Å²) < 4.78 is 5.20. The maximum atomic E-state index is 12.8. The summed E-state index contributed by atoms with van der Waals surface area (Å²) in [5.41, 5.74) is 1.65. The molecule has 0 saturated carbocycles. The Balaban J connectivity index is 2.07. The number of ether oxygens (including phenoxy) is 1. The zero-order chi connectivity index (χ0) is 20.5. The number of carboxylic acids is 1. The van der Waals surface area contributed by atoms with Crippen molar-refractivity contribution in [2.45, 2.75) is 32.0 Å². The maximum absolute atomic E-state index is 12.8. The third-order valence-electron chi connectivity index (χ3n) is 4.37. The van der Waals surface area contributed by atoms with E-state index in [0.717, 1.165) is 16.0 Å². The molecule has 0 aliphatic rings. The van der Waals surface area contributed by atoms with Crippen molar-refractivity contribution < 1.29 is 24.2 Å². The molecule has 0 bridgehead atoms. The molecule has 0 aliphatic heterocycles. The molecule has 2 atom stereocenters. The van der Waals surface area contributed by atoms with Crippen LogP contribution in [-0.4, -0.2) is 47.1 Å². The largest absolute Gasteiger partial charge is 0.480 e. The van der Waals surface area contributed by atoms with E-state index >= 15 is 0 Å². The molecule has 2 aromatic carbocycles. The molecule has 2 amide bonds. The van der Waals surface area contributed by atoms with Gasteiger partial charge in [-0.25, -0.2) is 9.59 Å². The van der Waals surface area contributed by atoms with E-state index in [1.165, 1.54) is 14.0 Å². The molecular formula is C21H24N2O5. The predicted octanol–water partition coefficient (Wildman–Crippen LogP) is 2.46. The lowest BCUT2D eigenvalue weighted by atomic mass is 10.0. The van der Waals surface area contributed by atoms with Crippen LogP contribution in [0.4, 0.5) is 4.79 Å². The summed E-state index contributed by atoms with van der Waals surface area (Å²) in [6.45, 7) is 1.48. The summed E-state index contributed by atoms with van der Waals surface area (Å²) in [6, 6.07) is 16.4. The number of likely N-dealkylation sites (N-methyl/N-ethyl adjacent to an activating group) is 1. The summed E-state index contributed by atoms with van der Waals surface area (Å²) >= 11 is 0. The summed E-state index contributed by atoms with van der Waals surface area (Å²) in [7, 11) is 1.40. The third-order valence-corrected chi connectivity index (χ3v) is 4.37. The molecule has 0 aliphatic carbocycles. The molecule has 0 heterocycles. The molecule has 0 saturated heterocycles. The van der Waals surface area contributed by atoms with Crippen molar-refractivity contribution in [3.63, 3.8) is 0 Å². The van der Waals surface area contributed by atoms with Crippen molar-refractivity contribution in [2.75, 3.05) is 7.05 Å². The number of alkyl carbamates (subject to hydrolysis) is 1. The minimum absolute atomic E-state index is 0.0697. The minimum atomic E-state index is -1.12. The zero-order valence-electron chi connectivity index (χ0n) is 15.9. The first-order valence-electron chi connectivity index (χ1n) is 8.89. The Morgan fingerprint density at radius 2 is 1.54 bits per heavy atom. The monoisotopic (exact) mass is 384 g/mol. The minimum Gasteiger partial charge on any atom is -0.480 e. The number of amides is 2. The molecule has 2 aromatic rings. The molecule has 0 radical (unpaired) electrons. The number of carbonyl (C=O) groups is 3. The highest BCUT2D eigenvalue weighted by Gasteiger charge is 2.30. The Hall–Kier alpha value is -3.35. The van der Waals surface area contributed by atoms with Gasteiger partial charge < -0.3 is 20.1 Å². The van der Waals surface area contributed by atoms with Crippen molar-refractivity contribution in [2.24, 2.45) is 0 Å². The van der Waals surface area contributed by atoms with Crippen LogP contribution in [0, 0.1) is 0 Å². The molecule has 2 N–H and O–H groups in total. The standard InChI is InChI=1S/C21H24N2O5/c1-15(20(25)26)23(2)19(24)18(13-16-9-5-3-6-10-16)22-21(27)28-14-17-11-7-4-8-12-17/h3-12,15,18H,13-14H2,1-2H3,(H,22,27)(H,25,26)/t15-,18-/m0/s1. The Morgan fingerprint density at radius 1 is 1.00 bits per heavy atom. The highest BCUT2D eigenvalue weighted by molar-refractivity contribution is 5.89. The molecule has 0 spiro atoms. The van der Waals surface area contributed by atoms with E-state index in [-0.39, 0.29) is 13.0 Å². The lowest BCUT2D eigenvalue weighted by Crippen LogP contribution is -2.52. The van der Waals surface area contributed by atoms with Crippen LogP contribution in [0.5, 0.6) is 0 Å². The molecule has 0 unspecified atom stereocenters. The van der Waals surface area contributed by atoms with Gasteiger partial charge in [0.05, 0.1) is 0 Å². The van der Waals surface area contributed by atoms with E-state index in [1.54, 1.807) is 0 Å².